The van der Waals surface area contributed by atoms with Crippen LogP contribution in [0.25, 0.3) is 17.0 Å². The molecule has 0 aliphatic carbocycles. The molecule has 1 aliphatic heterocycles. The molecule has 3 aromatic carbocycles. The number of nitrogens with one attached hydrogen (secondary N) is 1. The standard InChI is InChI=1S/C30H28N2O7S/c1-18(2)20-6-9-22(10-7-20)40(36,37)31-30(35)29(21-8-12-26-27(15-21)39-17-38-26)24-16-32(3)25-14-19(4-11-23(24)25)5-13-28(33)34/h4-16,18,29H,17H2,1-3H3,(H,31,35)(H,33,34). The molecule has 0 saturated heterocycles. The number of hydrogen-bond donors (Lipinski definition) is 2. The van der Waals surface area contributed by atoms with E-state index in [4.69, 9.17) is 14.6 Å². The molecule has 1 atom stereocenters. The molecule has 2 N–H and O–H groups in total. The van der Waals surface area contributed by atoms with Crippen molar-refractivity contribution < 1.29 is 32.6 Å². The number of rotatable bonds is 8. The second kappa shape index (κ2) is 10.5. The van der Waals surface area contributed by atoms with Gasteiger partial charge in [-0.1, -0.05) is 44.2 Å². The quantitative estimate of drug-likeness (QED) is 0.298. The summed E-state index contributed by atoms with van der Waals surface area (Å²) >= 11 is 0. The molecular formula is C30H28N2O7S. The molecule has 40 heavy (non-hydrogen) atoms. The molecule has 0 radical (unpaired) electrons. The lowest BCUT2D eigenvalue weighted by atomic mass is 9.90. The molecule has 1 amide bonds. The van der Waals surface area contributed by atoms with Crippen molar-refractivity contribution in [3.05, 3.63) is 95.2 Å². The summed E-state index contributed by atoms with van der Waals surface area (Å²) in [6.07, 6.45) is 4.30. The number of ether oxygens (including phenoxy) is 2. The van der Waals surface area contributed by atoms with Crippen LogP contribution in [0.4, 0.5) is 0 Å². The maximum absolute atomic E-state index is 13.9. The molecule has 0 fully saturated rings. The first kappa shape index (κ1) is 27.0. The number of fused-ring (bicyclic) bond motifs is 2. The second-order valence-electron chi connectivity index (χ2n) is 9.88. The fraction of sp³-hybridized carbons (Fsp3) is 0.200. The zero-order valence-corrected chi connectivity index (χ0v) is 22.9. The largest absolute Gasteiger partial charge is 0.478 e. The minimum atomic E-state index is -4.17. The molecule has 10 heteroatoms. The highest BCUT2D eigenvalue weighted by atomic mass is 32.2. The highest BCUT2D eigenvalue weighted by Crippen LogP contribution is 2.39. The van der Waals surface area contributed by atoms with Gasteiger partial charge in [0.1, 0.15) is 0 Å². The van der Waals surface area contributed by atoms with E-state index in [-0.39, 0.29) is 17.6 Å². The van der Waals surface area contributed by atoms with E-state index in [1.165, 1.54) is 18.2 Å². The number of carboxylic acids is 1. The van der Waals surface area contributed by atoms with Crippen molar-refractivity contribution in [2.45, 2.75) is 30.6 Å². The molecule has 1 unspecified atom stereocenters. The van der Waals surface area contributed by atoms with Crippen LogP contribution in [0.1, 0.15) is 47.9 Å². The molecular weight excluding hydrogens is 532 g/mol. The third-order valence-corrected chi connectivity index (χ3v) is 8.22. The summed E-state index contributed by atoms with van der Waals surface area (Å²) < 4.78 is 41.6. The Bertz CT molecular complexity index is 1750. The van der Waals surface area contributed by atoms with Gasteiger partial charge in [0.2, 0.25) is 12.7 Å². The zero-order valence-electron chi connectivity index (χ0n) is 22.1. The Morgan fingerprint density at radius 1 is 0.975 bits per heavy atom. The summed E-state index contributed by atoms with van der Waals surface area (Å²) in [6.45, 7) is 4.07. The van der Waals surface area contributed by atoms with E-state index in [1.807, 2.05) is 18.4 Å². The lowest BCUT2D eigenvalue weighted by Crippen LogP contribution is -2.35. The summed E-state index contributed by atoms with van der Waals surface area (Å²) in [5, 5.41) is 9.70. The number of benzene rings is 3. The number of sulfonamides is 1. The van der Waals surface area contributed by atoms with Crippen LogP contribution in [-0.2, 0) is 26.7 Å². The number of amides is 1. The van der Waals surface area contributed by atoms with Crippen LogP contribution < -0.4 is 14.2 Å². The molecule has 5 rings (SSSR count). The van der Waals surface area contributed by atoms with Crippen molar-refractivity contribution in [3.8, 4) is 11.5 Å². The molecule has 0 bridgehead atoms. The number of hydrogen-bond acceptors (Lipinski definition) is 6. The van der Waals surface area contributed by atoms with Crippen molar-refractivity contribution in [2.24, 2.45) is 7.05 Å². The first-order valence-electron chi connectivity index (χ1n) is 12.6. The molecule has 0 saturated carbocycles. The SMILES string of the molecule is CC(C)c1ccc(S(=O)(=O)NC(=O)C(c2ccc3c(c2)OCO3)c2cn(C)c3cc(C=CC(=O)O)ccc23)cc1. The summed E-state index contributed by atoms with van der Waals surface area (Å²) in [6, 6.07) is 16.9. The van der Waals surface area contributed by atoms with Gasteiger partial charge in [0.05, 0.1) is 10.8 Å². The molecule has 1 aliphatic rings. The fourth-order valence-corrected chi connectivity index (χ4v) is 5.78. The van der Waals surface area contributed by atoms with E-state index in [0.29, 0.717) is 33.6 Å². The highest BCUT2D eigenvalue weighted by Gasteiger charge is 2.31. The van der Waals surface area contributed by atoms with Crippen LogP contribution in [0.2, 0.25) is 0 Å². The maximum Gasteiger partial charge on any atom is 0.328 e. The van der Waals surface area contributed by atoms with Crippen LogP contribution in [0.15, 0.2) is 77.8 Å². The smallest absolute Gasteiger partial charge is 0.328 e. The number of aryl methyl sites for hydroxylation is 1. The first-order valence-corrected chi connectivity index (χ1v) is 14.1. The van der Waals surface area contributed by atoms with E-state index in [2.05, 4.69) is 4.72 Å². The van der Waals surface area contributed by atoms with Crippen LogP contribution in [0, 0.1) is 0 Å². The highest BCUT2D eigenvalue weighted by molar-refractivity contribution is 7.90. The van der Waals surface area contributed by atoms with Crippen molar-refractivity contribution in [1.82, 2.24) is 9.29 Å². The van der Waals surface area contributed by atoms with Crippen LogP contribution in [-0.4, -0.2) is 36.8 Å². The summed E-state index contributed by atoms with van der Waals surface area (Å²) in [4.78, 5) is 24.8. The monoisotopic (exact) mass is 560 g/mol. The van der Waals surface area contributed by atoms with E-state index in [9.17, 15) is 18.0 Å². The Balaban J connectivity index is 1.57. The second-order valence-corrected chi connectivity index (χ2v) is 11.6. The van der Waals surface area contributed by atoms with Crippen LogP contribution in [0.3, 0.4) is 0 Å². The number of nitrogens with zero attached hydrogens (tertiary/aromatic N) is 1. The molecule has 2 heterocycles. The predicted molar refractivity (Wildman–Crippen MR) is 150 cm³/mol. The number of carboxylic acid groups (broad SMARTS) is 1. The Kier molecular flexibility index (Phi) is 7.12. The fourth-order valence-electron chi connectivity index (χ4n) is 4.78. The van der Waals surface area contributed by atoms with Crippen molar-refractivity contribution in [2.75, 3.05) is 6.79 Å². The predicted octanol–water partition coefficient (Wildman–Crippen LogP) is 4.77. The molecule has 206 valence electrons. The van der Waals surface area contributed by atoms with Crippen LogP contribution >= 0.6 is 0 Å². The van der Waals surface area contributed by atoms with Gasteiger partial charge in [-0.05, 0) is 64.6 Å². The van der Waals surface area contributed by atoms with Gasteiger partial charge in [0.15, 0.2) is 11.5 Å². The first-order chi connectivity index (χ1) is 19.0. The van der Waals surface area contributed by atoms with E-state index < -0.39 is 27.8 Å². The number of carbonyl (C=O) groups is 2. The molecule has 4 aromatic rings. The minimum Gasteiger partial charge on any atom is -0.478 e. The molecule has 1 aromatic heterocycles. The van der Waals surface area contributed by atoms with Gasteiger partial charge in [-0.3, -0.25) is 4.79 Å². The third kappa shape index (κ3) is 5.30. The summed E-state index contributed by atoms with van der Waals surface area (Å²) in [5.74, 6) is -1.57. The normalized spacial score (nSPS) is 13.7. The average molecular weight is 561 g/mol. The van der Waals surface area contributed by atoms with E-state index in [1.54, 1.807) is 61.8 Å². The Hall–Kier alpha value is -4.57. The number of carbonyl (C=O) groups excluding carboxylic acids is 1. The lowest BCUT2D eigenvalue weighted by molar-refractivity contribution is -0.131. The Labute approximate surface area is 231 Å². The zero-order chi connectivity index (χ0) is 28.6. The van der Waals surface area contributed by atoms with Gasteiger partial charge in [-0.25, -0.2) is 17.9 Å². The van der Waals surface area contributed by atoms with Gasteiger partial charge < -0.3 is 19.1 Å². The van der Waals surface area contributed by atoms with E-state index >= 15 is 0 Å². The average Bonchev–Trinajstić information content (AvgIpc) is 3.51. The molecule has 9 nitrogen and oxygen atoms in total. The van der Waals surface area contributed by atoms with Crippen molar-refractivity contribution in [1.29, 1.82) is 0 Å². The summed E-state index contributed by atoms with van der Waals surface area (Å²) in [5.41, 5.74) is 3.49. The number of aliphatic carboxylic acids is 1. The van der Waals surface area contributed by atoms with Crippen molar-refractivity contribution >= 4 is 38.9 Å². The molecule has 0 spiro atoms. The topological polar surface area (TPSA) is 124 Å². The van der Waals surface area contributed by atoms with Crippen LogP contribution in [0.5, 0.6) is 11.5 Å². The van der Waals surface area contributed by atoms with Gasteiger partial charge in [-0.2, -0.15) is 0 Å². The van der Waals surface area contributed by atoms with Gasteiger partial charge in [0.25, 0.3) is 10.0 Å². The summed E-state index contributed by atoms with van der Waals surface area (Å²) in [7, 11) is -2.37. The lowest BCUT2D eigenvalue weighted by Gasteiger charge is -2.18. The van der Waals surface area contributed by atoms with Crippen molar-refractivity contribution in [3.63, 3.8) is 0 Å². The Morgan fingerprint density at radius 3 is 2.38 bits per heavy atom. The maximum atomic E-state index is 13.9. The van der Waals surface area contributed by atoms with E-state index in [0.717, 1.165) is 17.2 Å². The number of aromatic nitrogens is 1. The Morgan fingerprint density at radius 2 is 1.68 bits per heavy atom. The minimum absolute atomic E-state index is 0.0116. The van der Waals surface area contributed by atoms with Gasteiger partial charge >= 0.3 is 5.97 Å². The third-order valence-electron chi connectivity index (χ3n) is 6.86. The van der Waals surface area contributed by atoms with Gasteiger partial charge in [-0.15, -0.1) is 0 Å². The van der Waals surface area contributed by atoms with Gasteiger partial charge in [0, 0.05) is 30.2 Å².